The van der Waals surface area contributed by atoms with Crippen LogP contribution in [0.15, 0.2) is 60.9 Å². The molecule has 2 aliphatic rings. The van der Waals surface area contributed by atoms with Gasteiger partial charge in [0.1, 0.15) is 23.6 Å². The van der Waals surface area contributed by atoms with Gasteiger partial charge in [-0.25, -0.2) is 15.4 Å². The van der Waals surface area contributed by atoms with Crippen molar-refractivity contribution in [3.05, 3.63) is 72.1 Å². The van der Waals surface area contributed by atoms with Crippen molar-refractivity contribution in [2.24, 2.45) is 0 Å². The van der Waals surface area contributed by atoms with E-state index >= 15 is 0 Å². The number of nitrogens with zero attached hydrogens (tertiary/aromatic N) is 3. The molecule has 0 radical (unpaired) electrons. The Labute approximate surface area is 204 Å². The molecular formula is C27H28N6O2. The maximum atomic E-state index is 11.8. The van der Waals surface area contributed by atoms with Crippen molar-refractivity contribution in [2.75, 3.05) is 10.7 Å². The van der Waals surface area contributed by atoms with Crippen LogP contribution >= 0.6 is 0 Å². The van der Waals surface area contributed by atoms with Crippen LogP contribution in [0.5, 0.6) is 11.5 Å². The molecule has 0 bridgehead atoms. The summed E-state index contributed by atoms with van der Waals surface area (Å²) in [5.41, 5.74) is 11.9. The Morgan fingerprint density at radius 2 is 1.77 bits per heavy atom. The molecule has 1 aliphatic heterocycles. The first-order valence-electron chi connectivity index (χ1n) is 11.8. The molecule has 0 spiro atoms. The monoisotopic (exact) mass is 468 g/mol. The molecule has 178 valence electrons. The van der Waals surface area contributed by atoms with Crippen molar-refractivity contribution in [1.29, 1.82) is 0 Å². The van der Waals surface area contributed by atoms with E-state index in [4.69, 9.17) is 10.5 Å². The number of carbonyl (C=O) groups excluding carboxylic acids is 1. The minimum absolute atomic E-state index is 0.144. The number of amides is 1. The van der Waals surface area contributed by atoms with Crippen LogP contribution in [0.25, 0.3) is 0 Å². The molecule has 1 saturated carbocycles. The molecule has 5 rings (SSSR count). The lowest BCUT2D eigenvalue weighted by Crippen LogP contribution is -2.48. The highest BCUT2D eigenvalue weighted by Gasteiger charge is 2.38. The van der Waals surface area contributed by atoms with E-state index in [0.29, 0.717) is 5.82 Å². The van der Waals surface area contributed by atoms with Gasteiger partial charge >= 0.3 is 0 Å². The third-order valence-corrected chi connectivity index (χ3v) is 6.51. The van der Waals surface area contributed by atoms with Crippen molar-refractivity contribution in [2.45, 2.75) is 50.7 Å². The average molecular weight is 469 g/mol. The Balaban J connectivity index is 1.31. The number of carbonyl (C=O) groups is 1. The number of rotatable bonds is 5. The van der Waals surface area contributed by atoms with Crippen molar-refractivity contribution in [3.63, 3.8) is 0 Å². The van der Waals surface area contributed by atoms with Crippen molar-refractivity contribution < 1.29 is 9.53 Å². The van der Waals surface area contributed by atoms with Gasteiger partial charge in [-0.05, 0) is 68.4 Å². The molecule has 8 nitrogen and oxygen atoms in total. The molecular weight excluding hydrogens is 440 g/mol. The topological polar surface area (TPSA) is 105 Å². The van der Waals surface area contributed by atoms with Crippen LogP contribution in [0.4, 0.5) is 11.6 Å². The number of hydrogen-bond donors (Lipinski definition) is 3. The summed E-state index contributed by atoms with van der Waals surface area (Å²) in [6.07, 6.45) is 5.10. The number of ether oxygens (including phenoxy) is 1. The van der Waals surface area contributed by atoms with Gasteiger partial charge in [-0.2, -0.15) is 0 Å². The Morgan fingerprint density at radius 3 is 2.49 bits per heavy atom. The second kappa shape index (κ2) is 10.0. The first-order valence-corrected chi connectivity index (χ1v) is 11.8. The zero-order chi connectivity index (χ0) is 24.2. The van der Waals surface area contributed by atoms with Crippen molar-refractivity contribution >= 4 is 17.5 Å². The van der Waals surface area contributed by atoms with Gasteiger partial charge in [0.05, 0.1) is 11.6 Å². The molecule has 2 aromatic carbocycles. The van der Waals surface area contributed by atoms with E-state index in [0.717, 1.165) is 54.1 Å². The Bertz CT molecular complexity index is 1240. The number of benzene rings is 2. The Hall–Kier alpha value is -4.09. The molecule has 3 aromatic rings. The highest BCUT2D eigenvalue weighted by Crippen LogP contribution is 2.41. The van der Waals surface area contributed by atoms with Gasteiger partial charge in [0.15, 0.2) is 5.82 Å². The third-order valence-electron chi connectivity index (χ3n) is 6.51. The predicted molar refractivity (Wildman–Crippen MR) is 134 cm³/mol. The summed E-state index contributed by atoms with van der Waals surface area (Å²) >= 11 is 0. The summed E-state index contributed by atoms with van der Waals surface area (Å²) in [7, 11) is 0. The maximum absolute atomic E-state index is 11.8. The van der Waals surface area contributed by atoms with Gasteiger partial charge in [0.2, 0.25) is 0 Å². The molecule has 35 heavy (non-hydrogen) atoms. The van der Waals surface area contributed by atoms with E-state index in [1.807, 2.05) is 54.6 Å². The molecule has 1 amide bonds. The van der Waals surface area contributed by atoms with Gasteiger partial charge in [-0.1, -0.05) is 36.3 Å². The Morgan fingerprint density at radius 1 is 1.06 bits per heavy atom. The van der Waals surface area contributed by atoms with Crippen LogP contribution in [-0.2, 0) is 4.79 Å². The number of nitrogens with two attached hydrogens (primary N) is 1. The van der Waals surface area contributed by atoms with Crippen LogP contribution in [0, 0.1) is 11.8 Å². The van der Waals surface area contributed by atoms with E-state index in [2.05, 4.69) is 37.6 Å². The highest BCUT2D eigenvalue weighted by atomic mass is 16.5. The van der Waals surface area contributed by atoms with Crippen LogP contribution in [0.3, 0.4) is 0 Å². The smallest absolute Gasteiger partial charge is 0.296 e. The molecule has 0 saturated heterocycles. The molecule has 1 aromatic heterocycles. The van der Waals surface area contributed by atoms with Crippen LogP contribution < -0.4 is 26.2 Å². The number of nitrogen functional groups attached to an aromatic ring is 1. The van der Waals surface area contributed by atoms with E-state index in [9.17, 15) is 4.79 Å². The van der Waals surface area contributed by atoms with Gasteiger partial charge in [0.25, 0.3) is 5.91 Å². The number of aromatic nitrogens is 2. The van der Waals surface area contributed by atoms with E-state index in [-0.39, 0.29) is 24.0 Å². The quantitative estimate of drug-likeness (QED) is 0.490. The van der Waals surface area contributed by atoms with Crippen LogP contribution in [-0.4, -0.2) is 28.0 Å². The Kier molecular flexibility index (Phi) is 6.51. The number of anilines is 2. The zero-order valence-corrected chi connectivity index (χ0v) is 19.6. The summed E-state index contributed by atoms with van der Waals surface area (Å²) < 4.78 is 5.94. The molecule has 1 atom stereocenters. The first kappa shape index (κ1) is 22.7. The first-order chi connectivity index (χ1) is 17.1. The summed E-state index contributed by atoms with van der Waals surface area (Å²) in [6.45, 7) is 1.67. The normalized spacial score (nSPS) is 20.9. The fourth-order valence-electron chi connectivity index (χ4n) is 4.82. The molecule has 1 unspecified atom stereocenters. The average Bonchev–Trinajstić information content (AvgIpc) is 3.27. The van der Waals surface area contributed by atoms with Gasteiger partial charge in [-0.15, -0.1) is 0 Å². The number of hydrogen-bond acceptors (Lipinski definition) is 7. The van der Waals surface area contributed by atoms with Gasteiger partial charge in [-0.3, -0.25) is 9.80 Å². The number of nitrogens with one attached hydrogen (secondary N) is 2. The number of para-hydroxylation sites is 1. The largest absolute Gasteiger partial charge is 0.457 e. The molecule has 1 fully saturated rings. The molecule has 1 aliphatic carbocycles. The fourth-order valence-corrected chi connectivity index (χ4v) is 4.82. The summed E-state index contributed by atoms with van der Waals surface area (Å²) in [4.78, 5) is 20.7. The third kappa shape index (κ3) is 4.91. The van der Waals surface area contributed by atoms with Crippen molar-refractivity contribution in [3.8, 4) is 23.3 Å². The minimum Gasteiger partial charge on any atom is -0.457 e. The second-order valence-corrected chi connectivity index (χ2v) is 8.77. The zero-order valence-electron chi connectivity index (χ0n) is 19.6. The standard InChI is InChI=1S/C27H28N6O2/c1-2-6-23(34)31-19-11-13-20(14-12-19)33-27-24(26(28)29-17-30-27)25(32-33)18-9-15-22(16-10-18)35-21-7-4-3-5-8-21/h3-5,7-10,15-17,19-20,25,32H,11-14H2,1H3,(H,31,34)(H2,28,29,30). The molecule has 8 heteroatoms. The highest BCUT2D eigenvalue weighted by molar-refractivity contribution is 5.93. The number of fused-ring (bicyclic) bond motifs is 1. The fraction of sp³-hybridized carbons (Fsp3) is 0.296. The molecule has 4 N–H and O–H groups in total. The van der Waals surface area contributed by atoms with Gasteiger partial charge < -0.3 is 15.8 Å². The van der Waals surface area contributed by atoms with Crippen molar-refractivity contribution in [1.82, 2.24) is 20.7 Å². The summed E-state index contributed by atoms with van der Waals surface area (Å²) in [5.74, 6) is 7.84. The minimum atomic E-state index is -0.208. The predicted octanol–water partition coefficient (Wildman–Crippen LogP) is 3.72. The lowest BCUT2D eigenvalue weighted by atomic mass is 9.90. The molecule has 2 heterocycles. The van der Waals surface area contributed by atoms with E-state index in [1.54, 1.807) is 6.92 Å². The van der Waals surface area contributed by atoms with Crippen LogP contribution in [0.2, 0.25) is 0 Å². The number of hydrazine groups is 1. The van der Waals surface area contributed by atoms with E-state index in [1.165, 1.54) is 6.33 Å². The van der Waals surface area contributed by atoms with Gasteiger partial charge in [0, 0.05) is 12.1 Å². The van der Waals surface area contributed by atoms with E-state index < -0.39 is 0 Å². The lowest BCUT2D eigenvalue weighted by molar-refractivity contribution is -0.116. The lowest BCUT2D eigenvalue weighted by Gasteiger charge is -2.35. The SMILES string of the molecule is CC#CC(=O)NC1CCC(N2NC(c3ccc(Oc4ccccc4)cc3)c3c(N)ncnc32)CC1. The second-order valence-electron chi connectivity index (χ2n) is 8.77. The summed E-state index contributed by atoms with van der Waals surface area (Å²) in [5, 5.41) is 5.14. The summed E-state index contributed by atoms with van der Waals surface area (Å²) in [6, 6.07) is 17.9. The van der Waals surface area contributed by atoms with Crippen LogP contribution in [0.1, 0.15) is 49.8 Å². The maximum Gasteiger partial charge on any atom is 0.296 e.